The summed E-state index contributed by atoms with van der Waals surface area (Å²) in [5.74, 6) is 1.33. The average molecular weight is 314 g/mol. The van der Waals surface area contributed by atoms with Gasteiger partial charge in [-0.05, 0) is 60.7 Å². The molecule has 0 saturated carbocycles. The number of amides is 1. The van der Waals surface area contributed by atoms with Crippen molar-refractivity contribution in [1.29, 1.82) is 0 Å². The first-order chi connectivity index (χ1) is 10.7. The summed E-state index contributed by atoms with van der Waals surface area (Å²) in [5, 5.41) is 3.39. The zero-order chi connectivity index (χ0) is 15.4. The molecule has 0 unspecified atom stereocenters. The van der Waals surface area contributed by atoms with Crippen LogP contribution in [-0.4, -0.2) is 5.91 Å². The predicted octanol–water partition coefficient (Wildman–Crippen LogP) is 4.98. The number of ether oxygens (including phenoxy) is 1. The van der Waals surface area contributed by atoms with Gasteiger partial charge in [0.15, 0.2) is 5.76 Å². The lowest BCUT2D eigenvalue weighted by molar-refractivity contribution is 0.0996. The van der Waals surface area contributed by atoms with Crippen LogP contribution in [0.15, 0.2) is 71.3 Å². The van der Waals surface area contributed by atoms with E-state index in [0.29, 0.717) is 22.2 Å². The molecule has 4 nitrogen and oxygen atoms in total. The summed E-state index contributed by atoms with van der Waals surface area (Å²) < 4.78 is 10.7. The van der Waals surface area contributed by atoms with Crippen LogP contribution in [0.3, 0.4) is 0 Å². The van der Waals surface area contributed by atoms with Crippen molar-refractivity contribution in [1.82, 2.24) is 0 Å². The molecule has 1 N–H and O–H groups in total. The fourth-order valence-corrected chi connectivity index (χ4v) is 1.97. The molecule has 3 aromatic rings. The summed E-state index contributed by atoms with van der Waals surface area (Å²) in [6.45, 7) is 0. The van der Waals surface area contributed by atoms with Crippen molar-refractivity contribution in [2.75, 3.05) is 5.32 Å². The Morgan fingerprint density at radius 1 is 0.955 bits per heavy atom. The van der Waals surface area contributed by atoms with Gasteiger partial charge in [0.2, 0.25) is 0 Å². The number of halogens is 1. The third kappa shape index (κ3) is 3.48. The molecule has 1 aromatic heterocycles. The van der Waals surface area contributed by atoms with Gasteiger partial charge in [-0.3, -0.25) is 4.79 Å². The number of anilines is 1. The molecule has 0 aliphatic rings. The molecular formula is C17H12ClNO3. The highest BCUT2D eigenvalue weighted by atomic mass is 35.5. The zero-order valence-corrected chi connectivity index (χ0v) is 12.2. The van der Waals surface area contributed by atoms with E-state index in [-0.39, 0.29) is 11.7 Å². The van der Waals surface area contributed by atoms with Crippen molar-refractivity contribution in [2.24, 2.45) is 0 Å². The lowest BCUT2D eigenvalue weighted by atomic mass is 10.3. The summed E-state index contributed by atoms with van der Waals surface area (Å²) in [6.07, 6.45) is 1.46. The van der Waals surface area contributed by atoms with Gasteiger partial charge in [-0.25, -0.2) is 0 Å². The maximum absolute atomic E-state index is 11.8. The van der Waals surface area contributed by atoms with E-state index < -0.39 is 0 Å². The molecule has 5 heteroatoms. The Labute approximate surface area is 132 Å². The molecule has 2 aromatic carbocycles. The standard InChI is InChI=1S/C17H12ClNO3/c18-12-3-7-14(8-4-12)22-15-9-5-13(6-10-15)19-17(20)16-2-1-11-21-16/h1-11H,(H,19,20). The molecule has 22 heavy (non-hydrogen) atoms. The largest absolute Gasteiger partial charge is 0.459 e. The van der Waals surface area contributed by atoms with Crippen LogP contribution in [-0.2, 0) is 0 Å². The van der Waals surface area contributed by atoms with E-state index in [1.165, 1.54) is 6.26 Å². The van der Waals surface area contributed by atoms with Crippen LogP contribution in [0, 0.1) is 0 Å². The number of carbonyl (C=O) groups excluding carboxylic acids is 1. The molecule has 3 rings (SSSR count). The van der Waals surface area contributed by atoms with Crippen molar-refractivity contribution in [3.05, 3.63) is 77.7 Å². The second kappa shape index (κ2) is 6.37. The molecule has 0 radical (unpaired) electrons. The summed E-state index contributed by atoms with van der Waals surface area (Å²) in [6, 6.07) is 17.4. The fraction of sp³-hybridized carbons (Fsp3) is 0. The van der Waals surface area contributed by atoms with E-state index in [9.17, 15) is 4.79 Å². The van der Waals surface area contributed by atoms with Crippen LogP contribution in [0.5, 0.6) is 11.5 Å². The minimum Gasteiger partial charge on any atom is -0.459 e. The summed E-state index contributed by atoms with van der Waals surface area (Å²) in [4.78, 5) is 11.8. The Kier molecular flexibility index (Phi) is 4.12. The van der Waals surface area contributed by atoms with E-state index in [1.54, 1.807) is 60.7 Å². The number of hydrogen-bond donors (Lipinski definition) is 1. The lowest BCUT2D eigenvalue weighted by Crippen LogP contribution is -2.10. The van der Waals surface area contributed by atoms with E-state index >= 15 is 0 Å². The molecule has 0 saturated heterocycles. The van der Waals surface area contributed by atoms with Crippen LogP contribution >= 0.6 is 11.6 Å². The second-order valence-corrected chi connectivity index (χ2v) is 4.95. The number of carbonyl (C=O) groups is 1. The molecule has 0 atom stereocenters. The van der Waals surface area contributed by atoms with Gasteiger partial charge in [-0.2, -0.15) is 0 Å². The SMILES string of the molecule is O=C(Nc1ccc(Oc2ccc(Cl)cc2)cc1)c1ccco1. The van der Waals surface area contributed by atoms with Crippen molar-refractivity contribution in [3.8, 4) is 11.5 Å². The Hall–Kier alpha value is -2.72. The van der Waals surface area contributed by atoms with Gasteiger partial charge in [-0.1, -0.05) is 11.6 Å². The summed E-state index contributed by atoms with van der Waals surface area (Å²) in [7, 11) is 0. The van der Waals surface area contributed by atoms with Crippen LogP contribution in [0.1, 0.15) is 10.6 Å². The van der Waals surface area contributed by atoms with Crippen LogP contribution in [0.2, 0.25) is 5.02 Å². The maximum Gasteiger partial charge on any atom is 0.291 e. The third-order valence-corrected chi connectivity index (χ3v) is 3.16. The van der Waals surface area contributed by atoms with Crippen LogP contribution in [0.4, 0.5) is 5.69 Å². The first-order valence-corrected chi connectivity index (χ1v) is 6.97. The number of furan rings is 1. The first-order valence-electron chi connectivity index (χ1n) is 6.59. The van der Waals surface area contributed by atoms with Crippen molar-refractivity contribution >= 4 is 23.2 Å². The highest BCUT2D eigenvalue weighted by molar-refractivity contribution is 6.30. The normalized spacial score (nSPS) is 10.2. The minimum absolute atomic E-state index is 0.265. The Morgan fingerprint density at radius 3 is 2.18 bits per heavy atom. The van der Waals surface area contributed by atoms with E-state index in [1.807, 2.05) is 0 Å². The molecule has 1 amide bonds. The highest BCUT2D eigenvalue weighted by Gasteiger charge is 2.08. The molecule has 0 bridgehead atoms. The zero-order valence-electron chi connectivity index (χ0n) is 11.5. The lowest BCUT2D eigenvalue weighted by Gasteiger charge is -2.07. The van der Waals surface area contributed by atoms with E-state index in [4.69, 9.17) is 20.8 Å². The highest BCUT2D eigenvalue weighted by Crippen LogP contribution is 2.24. The van der Waals surface area contributed by atoms with Crippen molar-refractivity contribution in [3.63, 3.8) is 0 Å². The van der Waals surface area contributed by atoms with Crippen LogP contribution in [0.25, 0.3) is 0 Å². The third-order valence-electron chi connectivity index (χ3n) is 2.91. The molecule has 0 aliphatic carbocycles. The molecule has 0 fully saturated rings. The molecular weight excluding hydrogens is 302 g/mol. The van der Waals surface area contributed by atoms with Crippen molar-refractivity contribution in [2.45, 2.75) is 0 Å². The smallest absolute Gasteiger partial charge is 0.291 e. The van der Waals surface area contributed by atoms with Crippen LogP contribution < -0.4 is 10.1 Å². The first kappa shape index (κ1) is 14.2. The predicted molar refractivity (Wildman–Crippen MR) is 84.6 cm³/mol. The van der Waals surface area contributed by atoms with Gasteiger partial charge in [0.05, 0.1) is 6.26 Å². The van der Waals surface area contributed by atoms with Gasteiger partial charge in [0.1, 0.15) is 11.5 Å². The van der Waals surface area contributed by atoms with E-state index in [0.717, 1.165) is 0 Å². The summed E-state index contributed by atoms with van der Waals surface area (Å²) >= 11 is 5.82. The number of nitrogens with one attached hydrogen (secondary N) is 1. The van der Waals surface area contributed by atoms with Gasteiger partial charge in [-0.15, -0.1) is 0 Å². The fourth-order valence-electron chi connectivity index (χ4n) is 1.85. The van der Waals surface area contributed by atoms with E-state index in [2.05, 4.69) is 5.32 Å². The topological polar surface area (TPSA) is 51.5 Å². The number of hydrogen-bond acceptors (Lipinski definition) is 3. The second-order valence-electron chi connectivity index (χ2n) is 4.51. The van der Waals surface area contributed by atoms with Gasteiger partial charge in [0, 0.05) is 10.7 Å². The minimum atomic E-state index is -0.295. The molecule has 0 aliphatic heterocycles. The van der Waals surface area contributed by atoms with Gasteiger partial charge < -0.3 is 14.5 Å². The van der Waals surface area contributed by atoms with Gasteiger partial charge >= 0.3 is 0 Å². The Morgan fingerprint density at radius 2 is 1.59 bits per heavy atom. The average Bonchev–Trinajstić information content (AvgIpc) is 3.06. The summed E-state index contributed by atoms with van der Waals surface area (Å²) in [5.41, 5.74) is 0.657. The number of benzene rings is 2. The molecule has 110 valence electrons. The monoisotopic (exact) mass is 313 g/mol. The Balaban J connectivity index is 1.65. The molecule has 0 spiro atoms. The number of rotatable bonds is 4. The van der Waals surface area contributed by atoms with Crippen molar-refractivity contribution < 1.29 is 13.9 Å². The maximum atomic E-state index is 11.8. The van der Waals surface area contributed by atoms with Gasteiger partial charge in [0.25, 0.3) is 5.91 Å². The molecule has 1 heterocycles. The Bertz CT molecular complexity index is 750. The quantitative estimate of drug-likeness (QED) is 0.739.